The standard InChI is InChI=1S/C10H13FN2.ClH/c1-7-2-3-8(9(11)4-7)10(12)5-13-6-10;/h2-4,13H,5-6,12H2,1H3;1H. The third kappa shape index (κ3) is 1.75. The largest absolute Gasteiger partial charge is 0.319 e. The van der Waals surface area contributed by atoms with Gasteiger partial charge in [0.05, 0.1) is 5.54 Å². The van der Waals surface area contributed by atoms with Gasteiger partial charge in [-0.2, -0.15) is 0 Å². The molecule has 0 atom stereocenters. The quantitative estimate of drug-likeness (QED) is 0.743. The minimum absolute atomic E-state index is 0. The molecule has 0 saturated carbocycles. The van der Waals surface area contributed by atoms with Crippen molar-refractivity contribution in [2.45, 2.75) is 12.5 Å². The van der Waals surface area contributed by atoms with Crippen molar-refractivity contribution in [3.8, 4) is 0 Å². The first-order chi connectivity index (χ1) is 6.12. The summed E-state index contributed by atoms with van der Waals surface area (Å²) in [5, 5.41) is 3.05. The molecule has 14 heavy (non-hydrogen) atoms. The molecule has 1 aliphatic rings. The smallest absolute Gasteiger partial charge is 0.128 e. The second-order valence-corrected chi connectivity index (χ2v) is 3.74. The van der Waals surface area contributed by atoms with Crippen molar-refractivity contribution >= 4 is 12.4 Å². The predicted molar refractivity (Wildman–Crippen MR) is 57.1 cm³/mol. The Balaban J connectivity index is 0.000000980. The molecule has 1 heterocycles. The Bertz CT molecular complexity index is 337. The zero-order valence-corrected chi connectivity index (χ0v) is 8.83. The zero-order chi connectivity index (χ0) is 9.47. The highest BCUT2D eigenvalue weighted by molar-refractivity contribution is 5.85. The topological polar surface area (TPSA) is 38.0 Å². The van der Waals surface area contributed by atoms with E-state index in [2.05, 4.69) is 5.32 Å². The van der Waals surface area contributed by atoms with E-state index in [1.165, 1.54) is 6.07 Å². The molecule has 0 unspecified atom stereocenters. The predicted octanol–water partition coefficient (Wildman–Crippen LogP) is 1.31. The van der Waals surface area contributed by atoms with Crippen molar-refractivity contribution in [2.75, 3.05) is 13.1 Å². The second-order valence-electron chi connectivity index (χ2n) is 3.74. The van der Waals surface area contributed by atoms with Gasteiger partial charge in [-0.15, -0.1) is 12.4 Å². The molecular formula is C10H14ClFN2. The van der Waals surface area contributed by atoms with Gasteiger partial charge in [0.2, 0.25) is 0 Å². The van der Waals surface area contributed by atoms with Crippen molar-refractivity contribution in [3.05, 3.63) is 35.1 Å². The van der Waals surface area contributed by atoms with E-state index in [4.69, 9.17) is 5.73 Å². The van der Waals surface area contributed by atoms with Gasteiger partial charge in [0.25, 0.3) is 0 Å². The molecule has 2 rings (SSSR count). The van der Waals surface area contributed by atoms with Gasteiger partial charge in [-0.05, 0) is 18.6 Å². The fourth-order valence-electron chi connectivity index (χ4n) is 1.61. The number of nitrogens with two attached hydrogens (primary N) is 1. The number of halogens is 2. The van der Waals surface area contributed by atoms with Crippen LogP contribution in [0.3, 0.4) is 0 Å². The molecule has 0 amide bonds. The van der Waals surface area contributed by atoms with Crippen LogP contribution < -0.4 is 11.1 Å². The molecule has 1 aromatic carbocycles. The van der Waals surface area contributed by atoms with Crippen LogP contribution in [0.4, 0.5) is 4.39 Å². The maximum absolute atomic E-state index is 13.5. The molecule has 1 fully saturated rings. The Kier molecular flexibility index (Phi) is 3.14. The number of benzene rings is 1. The van der Waals surface area contributed by atoms with E-state index in [0.717, 1.165) is 5.56 Å². The third-order valence-corrected chi connectivity index (χ3v) is 2.54. The van der Waals surface area contributed by atoms with Crippen LogP contribution in [0.15, 0.2) is 18.2 Å². The molecule has 1 saturated heterocycles. The van der Waals surface area contributed by atoms with Gasteiger partial charge >= 0.3 is 0 Å². The lowest BCUT2D eigenvalue weighted by Gasteiger charge is -2.39. The Morgan fingerprint density at radius 2 is 2.07 bits per heavy atom. The minimum atomic E-state index is -0.488. The summed E-state index contributed by atoms with van der Waals surface area (Å²) in [5.74, 6) is -0.191. The molecule has 2 nitrogen and oxygen atoms in total. The highest BCUT2D eigenvalue weighted by atomic mass is 35.5. The molecule has 1 aromatic rings. The van der Waals surface area contributed by atoms with E-state index in [1.54, 1.807) is 6.07 Å². The summed E-state index contributed by atoms with van der Waals surface area (Å²) < 4.78 is 13.5. The molecule has 78 valence electrons. The van der Waals surface area contributed by atoms with E-state index in [1.807, 2.05) is 13.0 Å². The van der Waals surface area contributed by atoms with Crippen LogP contribution in [0.1, 0.15) is 11.1 Å². The van der Waals surface area contributed by atoms with E-state index >= 15 is 0 Å². The van der Waals surface area contributed by atoms with Crippen LogP contribution >= 0.6 is 12.4 Å². The fourth-order valence-corrected chi connectivity index (χ4v) is 1.61. The highest BCUT2D eigenvalue weighted by Crippen LogP contribution is 2.25. The monoisotopic (exact) mass is 216 g/mol. The van der Waals surface area contributed by atoms with Crippen molar-refractivity contribution in [1.82, 2.24) is 5.32 Å². The minimum Gasteiger partial charge on any atom is -0.319 e. The van der Waals surface area contributed by atoms with Gasteiger partial charge in [-0.25, -0.2) is 4.39 Å². The fraction of sp³-hybridized carbons (Fsp3) is 0.400. The number of aryl methyl sites for hydroxylation is 1. The summed E-state index contributed by atoms with van der Waals surface area (Å²) in [4.78, 5) is 0. The number of rotatable bonds is 1. The van der Waals surface area contributed by atoms with Crippen LogP contribution in [0, 0.1) is 12.7 Å². The third-order valence-electron chi connectivity index (χ3n) is 2.54. The lowest BCUT2D eigenvalue weighted by molar-refractivity contribution is 0.277. The molecule has 0 bridgehead atoms. The molecule has 0 aliphatic carbocycles. The summed E-state index contributed by atoms with van der Waals surface area (Å²) in [7, 11) is 0. The molecular weight excluding hydrogens is 203 g/mol. The first-order valence-corrected chi connectivity index (χ1v) is 4.38. The SMILES string of the molecule is Cc1ccc(C2(N)CNC2)c(F)c1.Cl. The van der Waals surface area contributed by atoms with Crippen LogP contribution in [-0.4, -0.2) is 13.1 Å². The molecule has 1 aliphatic heterocycles. The maximum atomic E-state index is 13.5. The van der Waals surface area contributed by atoms with Gasteiger partial charge < -0.3 is 11.1 Å². The molecule has 3 N–H and O–H groups in total. The lowest BCUT2D eigenvalue weighted by Crippen LogP contribution is -2.63. The van der Waals surface area contributed by atoms with Crippen molar-refractivity contribution in [3.63, 3.8) is 0 Å². The molecule has 4 heteroatoms. The van der Waals surface area contributed by atoms with Gasteiger partial charge in [0.1, 0.15) is 5.82 Å². The molecule has 0 radical (unpaired) electrons. The Morgan fingerprint density at radius 3 is 2.50 bits per heavy atom. The van der Waals surface area contributed by atoms with E-state index in [9.17, 15) is 4.39 Å². The van der Waals surface area contributed by atoms with Gasteiger partial charge in [-0.3, -0.25) is 0 Å². The second kappa shape index (κ2) is 3.85. The summed E-state index contributed by atoms with van der Waals surface area (Å²) in [6, 6.07) is 5.21. The number of hydrogen-bond donors (Lipinski definition) is 2. The number of hydrogen-bond acceptors (Lipinski definition) is 2. The van der Waals surface area contributed by atoms with Gasteiger partial charge in [-0.1, -0.05) is 12.1 Å². The van der Waals surface area contributed by atoms with Crippen LogP contribution in [0.5, 0.6) is 0 Å². The van der Waals surface area contributed by atoms with Gasteiger partial charge in [0, 0.05) is 18.7 Å². The zero-order valence-electron chi connectivity index (χ0n) is 8.01. The average molecular weight is 217 g/mol. The first-order valence-electron chi connectivity index (χ1n) is 4.38. The summed E-state index contributed by atoms with van der Waals surface area (Å²) in [5.41, 5.74) is 7.03. The highest BCUT2D eigenvalue weighted by Gasteiger charge is 2.36. The van der Waals surface area contributed by atoms with Crippen LogP contribution in [-0.2, 0) is 5.54 Å². The summed E-state index contributed by atoms with van der Waals surface area (Å²) in [6.45, 7) is 3.19. The van der Waals surface area contributed by atoms with Crippen molar-refractivity contribution in [2.24, 2.45) is 5.73 Å². The Hall–Kier alpha value is -0.640. The van der Waals surface area contributed by atoms with Crippen molar-refractivity contribution in [1.29, 1.82) is 0 Å². The summed E-state index contributed by atoms with van der Waals surface area (Å²) >= 11 is 0. The number of nitrogens with one attached hydrogen (secondary N) is 1. The van der Waals surface area contributed by atoms with E-state index in [0.29, 0.717) is 18.7 Å². The van der Waals surface area contributed by atoms with Crippen LogP contribution in [0.2, 0.25) is 0 Å². The van der Waals surface area contributed by atoms with Gasteiger partial charge in [0.15, 0.2) is 0 Å². The summed E-state index contributed by atoms with van der Waals surface area (Å²) in [6.07, 6.45) is 0. The molecule has 0 aromatic heterocycles. The lowest BCUT2D eigenvalue weighted by atomic mass is 9.85. The van der Waals surface area contributed by atoms with Crippen molar-refractivity contribution < 1.29 is 4.39 Å². The van der Waals surface area contributed by atoms with E-state index < -0.39 is 5.54 Å². The van der Waals surface area contributed by atoms with E-state index in [-0.39, 0.29) is 18.2 Å². The maximum Gasteiger partial charge on any atom is 0.128 e. The molecule has 0 spiro atoms. The Labute approximate surface area is 89.1 Å². The van der Waals surface area contributed by atoms with Crippen LogP contribution in [0.25, 0.3) is 0 Å². The average Bonchev–Trinajstić information content (AvgIpc) is 2.00. The Morgan fingerprint density at radius 1 is 1.43 bits per heavy atom. The normalized spacial score (nSPS) is 18.2. The first kappa shape index (κ1) is 11.4.